The molecule has 86 valence electrons. The van der Waals surface area contributed by atoms with Gasteiger partial charge in [-0.25, -0.2) is 8.42 Å². The largest absolute Gasteiger partial charge is 0.726 e. The van der Waals surface area contributed by atoms with Crippen molar-refractivity contribution in [1.29, 1.82) is 0 Å². The van der Waals surface area contributed by atoms with E-state index in [0.717, 1.165) is 0 Å². The molecule has 0 radical (unpaired) electrons. The summed E-state index contributed by atoms with van der Waals surface area (Å²) in [5.74, 6) is 0. The molecule has 2 atom stereocenters. The van der Waals surface area contributed by atoms with Gasteiger partial charge in [0, 0.05) is 11.3 Å². The number of hydrogen-bond acceptors (Lipinski definition) is 5. The van der Waals surface area contributed by atoms with Gasteiger partial charge in [0.2, 0.25) is 10.4 Å². The number of hydrogen-bond donors (Lipinski definition) is 4. The second-order valence-electron chi connectivity index (χ2n) is 2.51. The molecule has 0 aromatic heterocycles. The van der Waals surface area contributed by atoms with Crippen LogP contribution in [-0.2, 0) is 10.4 Å². The van der Waals surface area contributed by atoms with E-state index in [4.69, 9.17) is 34.4 Å². The summed E-state index contributed by atoms with van der Waals surface area (Å²) in [7, 11) is -4.92. The molecule has 0 amide bonds. The number of thioether (sulfide) groups is 1. The fraction of sp³-hybridized carbons (Fsp3) is 0.800. The zero-order chi connectivity index (χ0) is 11.9. The van der Waals surface area contributed by atoms with Gasteiger partial charge in [-0.15, -0.1) is 0 Å². The van der Waals surface area contributed by atoms with Crippen molar-refractivity contribution in [3.8, 4) is 0 Å². The van der Waals surface area contributed by atoms with Gasteiger partial charge in [0.25, 0.3) is 5.17 Å². The van der Waals surface area contributed by atoms with Gasteiger partial charge in [-0.3, -0.25) is 15.7 Å². The molecule has 0 heterocycles. The monoisotopic (exact) mass is 245 g/mol. The number of nitrogens with two attached hydrogens (primary N) is 3. The van der Waals surface area contributed by atoms with Crippen molar-refractivity contribution in [3.05, 3.63) is 0 Å². The summed E-state index contributed by atoms with van der Waals surface area (Å²) < 4.78 is 32.8. The van der Waals surface area contributed by atoms with Gasteiger partial charge in [-0.05, 0) is 18.7 Å². The van der Waals surface area contributed by atoms with Crippen LogP contribution in [0.3, 0.4) is 0 Å². The third-order valence-electron chi connectivity index (χ3n) is 1.06. The molecule has 0 unspecified atom stereocenters. The van der Waals surface area contributed by atoms with Crippen LogP contribution >= 0.6 is 11.8 Å². The van der Waals surface area contributed by atoms with Gasteiger partial charge in [-0.2, -0.15) is 0 Å². The first-order valence-corrected chi connectivity index (χ1v) is 5.77. The summed E-state index contributed by atoms with van der Waals surface area (Å²) in [6, 6.07) is 0.136. The Hall–Kier alpha value is -0.350. The average Bonchev–Trinajstić information content (AvgIpc) is 1.80. The molecule has 7 N–H and O–H groups in total. The van der Waals surface area contributed by atoms with Crippen molar-refractivity contribution in [2.24, 2.45) is 11.5 Å². The smallest absolute Gasteiger partial charge is 0.300 e. The van der Waals surface area contributed by atoms with Crippen molar-refractivity contribution < 1.29 is 22.9 Å². The van der Waals surface area contributed by atoms with Crippen LogP contribution in [0, 0.1) is 0 Å². The van der Waals surface area contributed by atoms with Crippen LogP contribution in [0.4, 0.5) is 0 Å². The molecule has 0 aliphatic rings. The third kappa shape index (κ3) is 22.6. The van der Waals surface area contributed by atoms with Crippen LogP contribution in [0.1, 0.15) is 13.8 Å². The standard InChI is InChI=1S/C5H13N3S.H2O4S/c1-3(6)4(2)9-5(7)8;1-5(2,3)4/h3-4H,6H2,1-2H3,(H3,7,8);(H2,1,2,3,4)/t3-,4-;/m1./s1. The lowest BCUT2D eigenvalue weighted by Crippen LogP contribution is -2.45. The van der Waals surface area contributed by atoms with Crippen molar-refractivity contribution in [2.45, 2.75) is 25.1 Å². The molecule has 0 aliphatic heterocycles. The molecule has 0 aliphatic carbocycles. The molecule has 0 fully saturated rings. The molecule has 0 saturated carbocycles. The first kappa shape index (κ1) is 16.1. The van der Waals surface area contributed by atoms with E-state index < -0.39 is 10.4 Å². The number of rotatable bonds is 2. The van der Waals surface area contributed by atoms with Crippen LogP contribution in [0.2, 0.25) is 0 Å². The zero-order valence-corrected chi connectivity index (χ0v) is 9.51. The van der Waals surface area contributed by atoms with Gasteiger partial charge in [0.1, 0.15) is 0 Å². The Morgan fingerprint density at radius 3 is 1.93 bits per heavy atom. The molecule has 0 aromatic carbocycles. The van der Waals surface area contributed by atoms with E-state index in [1.807, 2.05) is 13.8 Å². The van der Waals surface area contributed by atoms with Crippen LogP contribution in [-0.4, -0.2) is 34.0 Å². The summed E-state index contributed by atoms with van der Waals surface area (Å²) in [6.45, 7) is 3.93. The fourth-order valence-corrected chi connectivity index (χ4v) is 0.966. The van der Waals surface area contributed by atoms with Crippen molar-refractivity contribution in [2.75, 3.05) is 0 Å². The summed E-state index contributed by atoms with van der Waals surface area (Å²) in [5.41, 5.74) is 10.8. The highest BCUT2D eigenvalue weighted by molar-refractivity contribution is 8.14. The molecule has 0 saturated heterocycles. The van der Waals surface area contributed by atoms with E-state index in [1.54, 1.807) is 0 Å². The molecule has 0 bridgehead atoms. The quantitative estimate of drug-likeness (QED) is 0.182. The fourth-order valence-electron chi connectivity index (χ4n) is 0.322. The summed E-state index contributed by atoms with van der Waals surface area (Å²) in [4.78, 5) is 0. The summed E-state index contributed by atoms with van der Waals surface area (Å²) in [5, 5.41) is 5.92. The van der Waals surface area contributed by atoms with E-state index in [2.05, 4.69) is 0 Å². The highest BCUT2D eigenvalue weighted by Gasteiger charge is 2.10. The minimum atomic E-state index is -4.92. The maximum Gasteiger partial charge on any atom is 0.300 e. The Balaban J connectivity index is 0. The minimum absolute atomic E-state index is 0.136. The molecule has 0 aromatic rings. The number of amidine groups is 1. The minimum Gasteiger partial charge on any atom is -0.726 e. The predicted octanol–water partition coefficient (Wildman–Crippen LogP) is -2.47. The molecule has 7 nitrogen and oxygen atoms in total. The van der Waals surface area contributed by atoms with Crippen molar-refractivity contribution in [1.82, 2.24) is 0 Å². The first-order chi connectivity index (χ1) is 6.04. The predicted molar refractivity (Wildman–Crippen MR) is 54.1 cm³/mol. The molecule has 9 heteroatoms. The van der Waals surface area contributed by atoms with Gasteiger partial charge in [0.05, 0.1) is 0 Å². The second kappa shape index (κ2) is 7.01. The SMILES string of the molecule is C[C@@H](N)[C@@H](C)SC(N)=[NH2+].O=S(=O)([O-])O. The van der Waals surface area contributed by atoms with E-state index in [-0.39, 0.29) is 6.04 Å². The van der Waals surface area contributed by atoms with Crippen molar-refractivity contribution >= 4 is 27.3 Å². The lowest BCUT2D eigenvalue weighted by atomic mass is 10.3. The van der Waals surface area contributed by atoms with Crippen LogP contribution in [0.5, 0.6) is 0 Å². The summed E-state index contributed by atoms with van der Waals surface area (Å²) in [6.07, 6.45) is 0. The van der Waals surface area contributed by atoms with Crippen LogP contribution < -0.4 is 16.9 Å². The van der Waals surface area contributed by atoms with Gasteiger partial charge in [0.15, 0.2) is 0 Å². The Morgan fingerprint density at radius 1 is 1.57 bits per heavy atom. The maximum atomic E-state index is 8.63. The summed E-state index contributed by atoms with van der Waals surface area (Å²) >= 11 is 1.41. The Labute approximate surface area is 87.3 Å². The third-order valence-corrected chi connectivity index (χ3v) is 2.14. The lowest BCUT2D eigenvalue weighted by molar-refractivity contribution is -0.110. The second-order valence-corrected chi connectivity index (χ2v) is 4.82. The normalized spacial score (nSPS) is 14.9. The topological polar surface area (TPSA) is 155 Å². The highest BCUT2D eigenvalue weighted by atomic mass is 32.3. The van der Waals surface area contributed by atoms with E-state index in [9.17, 15) is 0 Å². The molecular weight excluding hydrogens is 230 g/mol. The lowest BCUT2D eigenvalue weighted by Gasteiger charge is -2.10. The van der Waals surface area contributed by atoms with E-state index in [1.165, 1.54) is 11.8 Å². The molecule has 14 heavy (non-hydrogen) atoms. The van der Waals surface area contributed by atoms with Gasteiger partial charge in [-0.1, -0.05) is 6.92 Å². The van der Waals surface area contributed by atoms with Crippen LogP contribution in [0.25, 0.3) is 0 Å². The van der Waals surface area contributed by atoms with Crippen LogP contribution in [0.15, 0.2) is 0 Å². The first-order valence-electron chi connectivity index (χ1n) is 3.52. The Morgan fingerprint density at radius 2 is 1.86 bits per heavy atom. The highest BCUT2D eigenvalue weighted by Crippen LogP contribution is 2.09. The van der Waals surface area contributed by atoms with E-state index in [0.29, 0.717) is 10.4 Å². The Bertz CT molecular complexity index is 256. The molecular formula is C5H15N3O4S2. The van der Waals surface area contributed by atoms with E-state index >= 15 is 0 Å². The Kier molecular flexibility index (Phi) is 8.06. The van der Waals surface area contributed by atoms with Crippen molar-refractivity contribution in [3.63, 3.8) is 0 Å². The molecule has 0 rings (SSSR count). The zero-order valence-electron chi connectivity index (χ0n) is 7.88. The van der Waals surface area contributed by atoms with Gasteiger partial charge < -0.3 is 10.3 Å². The molecule has 0 spiro atoms. The average molecular weight is 245 g/mol. The maximum absolute atomic E-state index is 8.63. The van der Waals surface area contributed by atoms with Gasteiger partial charge >= 0.3 is 0 Å².